The fourth-order valence-electron chi connectivity index (χ4n) is 2.63. The number of carbonyl (C=O) groups is 1. The van der Waals surface area contributed by atoms with Crippen molar-refractivity contribution in [2.45, 2.75) is 11.7 Å². The van der Waals surface area contributed by atoms with Crippen molar-refractivity contribution in [2.75, 3.05) is 18.2 Å². The molecule has 0 aliphatic heterocycles. The van der Waals surface area contributed by atoms with E-state index in [-0.39, 0.29) is 15.9 Å². The zero-order valence-electron chi connectivity index (χ0n) is 15.9. The molecule has 0 fully saturated rings. The molecule has 0 saturated carbocycles. The van der Waals surface area contributed by atoms with Gasteiger partial charge in [-0.1, -0.05) is 30.0 Å². The second kappa shape index (κ2) is 9.86. The highest BCUT2D eigenvalue weighted by atomic mass is 79.9. The summed E-state index contributed by atoms with van der Waals surface area (Å²) < 4.78 is 34.3. The van der Waals surface area contributed by atoms with Crippen LogP contribution in [0.1, 0.15) is 0 Å². The van der Waals surface area contributed by atoms with E-state index in [9.17, 15) is 13.6 Å². The number of nitrogens with zero attached hydrogens (tertiary/aromatic N) is 3. The number of benzene rings is 2. The Hall–Kier alpha value is -2.72. The van der Waals surface area contributed by atoms with Crippen LogP contribution in [-0.4, -0.2) is 33.5 Å². The fourth-order valence-corrected chi connectivity index (χ4v) is 3.89. The van der Waals surface area contributed by atoms with E-state index in [1.54, 1.807) is 13.2 Å². The Kier molecular flexibility index (Phi) is 7.22. The first-order valence-electron chi connectivity index (χ1n) is 8.68. The van der Waals surface area contributed by atoms with Crippen molar-refractivity contribution < 1.29 is 18.3 Å². The number of aromatic nitrogens is 3. The number of ether oxygens (including phenoxy) is 1. The first-order valence-corrected chi connectivity index (χ1v) is 10.5. The Morgan fingerprint density at radius 3 is 2.83 bits per heavy atom. The molecule has 0 radical (unpaired) electrons. The summed E-state index contributed by atoms with van der Waals surface area (Å²) in [5, 5.41) is 11.3. The molecular weight excluding hydrogens is 478 g/mol. The first kappa shape index (κ1) is 22.0. The van der Waals surface area contributed by atoms with Gasteiger partial charge in [-0.3, -0.25) is 9.36 Å². The molecular formula is C20H17BrF2N4O2S. The zero-order chi connectivity index (χ0) is 21.7. The van der Waals surface area contributed by atoms with E-state index in [2.05, 4.69) is 38.0 Å². The van der Waals surface area contributed by atoms with Gasteiger partial charge in [-0.05, 0) is 34.1 Å². The van der Waals surface area contributed by atoms with Gasteiger partial charge in [0, 0.05) is 22.6 Å². The molecule has 10 heteroatoms. The first-order chi connectivity index (χ1) is 14.4. The molecule has 0 bridgehead atoms. The number of anilines is 1. The molecule has 3 aromatic rings. The molecule has 6 nitrogen and oxygen atoms in total. The van der Waals surface area contributed by atoms with Crippen molar-refractivity contribution in [3.05, 3.63) is 65.2 Å². The lowest BCUT2D eigenvalue weighted by Gasteiger charge is -2.10. The molecule has 1 amide bonds. The highest BCUT2D eigenvalue weighted by molar-refractivity contribution is 9.10. The van der Waals surface area contributed by atoms with E-state index >= 15 is 0 Å². The lowest BCUT2D eigenvalue weighted by Crippen LogP contribution is -2.16. The van der Waals surface area contributed by atoms with Gasteiger partial charge in [0.15, 0.2) is 16.8 Å². The maximum absolute atomic E-state index is 13.9. The van der Waals surface area contributed by atoms with Crippen LogP contribution in [0.4, 0.5) is 14.5 Å². The van der Waals surface area contributed by atoms with E-state index in [4.69, 9.17) is 4.74 Å². The van der Waals surface area contributed by atoms with Gasteiger partial charge in [-0.2, -0.15) is 0 Å². The van der Waals surface area contributed by atoms with Gasteiger partial charge in [0.2, 0.25) is 5.91 Å². The predicted molar refractivity (Wildman–Crippen MR) is 116 cm³/mol. The van der Waals surface area contributed by atoms with Gasteiger partial charge in [-0.25, -0.2) is 8.78 Å². The summed E-state index contributed by atoms with van der Waals surface area (Å²) in [4.78, 5) is 12.3. The van der Waals surface area contributed by atoms with Gasteiger partial charge < -0.3 is 10.1 Å². The van der Waals surface area contributed by atoms with Crippen LogP contribution >= 0.6 is 27.7 Å². The van der Waals surface area contributed by atoms with Crippen LogP contribution in [0.2, 0.25) is 0 Å². The summed E-state index contributed by atoms with van der Waals surface area (Å²) in [6.07, 6.45) is 1.70. The average Bonchev–Trinajstić information content (AvgIpc) is 3.12. The quantitative estimate of drug-likeness (QED) is 0.355. The number of methoxy groups -OCH3 is 1. The Morgan fingerprint density at radius 2 is 2.13 bits per heavy atom. The summed E-state index contributed by atoms with van der Waals surface area (Å²) in [5.41, 5.74) is 0.684. The molecule has 1 heterocycles. The topological polar surface area (TPSA) is 69.0 Å². The third kappa shape index (κ3) is 5.06. The highest BCUT2D eigenvalue weighted by Crippen LogP contribution is 2.29. The second-order valence-electron chi connectivity index (χ2n) is 6.02. The number of nitrogens with one attached hydrogen (secondary N) is 1. The van der Waals surface area contributed by atoms with Crippen molar-refractivity contribution in [3.8, 4) is 17.1 Å². The largest absolute Gasteiger partial charge is 0.497 e. The SMILES string of the molecule is C=CCn1c(SCC(=O)Nc2c(F)cc(F)cc2Br)nnc1-c1cccc(OC)c1. The van der Waals surface area contributed by atoms with Gasteiger partial charge in [0.1, 0.15) is 11.6 Å². The molecule has 0 aliphatic carbocycles. The number of rotatable bonds is 8. The lowest BCUT2D eigenvalue weighted by molar-refractivity contribution is -0.113. The predicted octanol–water partition coefficient (Wildman–Crippen LogP) is 4.91. The lowest BCUT2D eigenvalue weighted by atomic mass is 10.2. The summed E-state index contributed by atoms with van der Waals surface area (Å²) >= 11 is 4.19. The van der Waals surface area contributed by atoms with E-state index in [1.165, 1.54) is 0 Å². The van der Waals surface area contributed by atoms with Crippen LogP contribution in [0, 0.1) is 11.6 Å². The maximum atomic E-state index is 13.9. The number of halogens is 3. The number of allylic oxidation sites excluding steroid dienone is 1. The molecule has 30 heavy (non-hydrogen) atoms. The molecule has 1 aromatic heterocycles. The van der Waals surface area contributed by atoms with E-state index in [0.29, 0.717) is 29.3 Å². The van der Waals surface area contributed by atoms with E-state index in [0.717, 1.165) is 23.4 Å². The molecule has 0 unspecified atom stereocenters. The van der Waals surface area contributed by atoms with Gasteiger partial charge in [-0.15, -0.1) is 16.8 Å². The Balaban J connectivity index is 1.76. The molecule has 1 N–H and O–H groups in total. The minimum absolute atomic E-state index is 0.0450. The van der Waals surface area contributed by atoms with Crippen molar-refractivity contribution >= 4 is 39.3 Å². The third-order valence-corrected chi connectivity index (χ3v) is 5.55. The molecule has 2 aromatic carbocycles. The normalized spacial score (nSPS) is 10.7. The molecule has 0 spiro atoms. The molecule has 3 rings (SSSR count). The van der Waals surface area contributed by atoms with Crippen molar-refractivity contribution in [2.24, 2.45) is 0 Å². The molecule has 0 aliphatic rings. The number of hydrogen-bond donors (Lipinski definition) is 1. The summed E-state index contributed by atoms with van der Waals surface area (Å²) in [6.45, 7) is 4.19. The van der Waals surface area contributed by atoms with Crippen LogP contribution in [0.5, 0.6) is 5.75 Å². The van der Waals surface area contributed by atoms with Crippen LogP contribution in [0.3, 0.4) is 0 Å². The molecule has 0 atom stereocenters. The van der Waals surface area contributed by atoms with Crippen LogP contribution < -0.4 is 10.1 Å². The minimum atomic E-state index is -0.865. The van der Waals surface area contributed by atoms with Crippen molar-refractivity contribution in [1.29, 1.82) is 0 Å². The maximum Gasteiger partial charge on any atom is 0.234 e. The van der Waals surface area contributed by atoms with Gasteiger partial charge in [0.25, 0.3) is 0 Å². The van der Waals surface area contributed by atoms with Crippen LogP contribution in [0.15, 0.2) is 58.7 Å². The second-order valence-corrected chi connectivity index (χ2v) is 7.82. The summed E-state index contributed by atoms with van der Waals surface area (Å²) in [7, 11) is 1.58. The van der Waals surface area contributed by atoms with Crippen LogP contribution in [-0.2, 0) is 11.3 Å². The Labute approximate surface area is 184 Å². The fraction of sp³-hybridized carbons (Fsp3) is 0.150. The summed E-state index contributed by atoms with van der Waals surface area (Å²) in [5.74, 6) is -0.839. The number of hydrogen-bond acceptors (Lipinski definition) is 5. The summed E-state index contributed by atoms with van der Waals surface area (Å²) in [6, 6.07) is 9.16. The van der Waals surface area contributed by atoms with Gasteiger partial charge in [0.05, 0.1) is 18.6 Å². The van der Waals surface area contributed by atoms with E-state index < -0.39 is 17.5 Å². The zero-order valence-corrected chi connectivity index (χ0v) is 18.3. The average molecular weight is 495 g/mol. The number of thioether (sulfide) groups is 1. The molecule has 156 valence electrons. The molecule has 0 saturated heterocycles. The van der Waals surface area contributed by atoms with Crippen molar-refractivity contribution in [1.82, 2.24) is 14.8 Å². The smallest absolute Gasteiger partial charge is 0.234 e. The van der Waals surface area contributed by atoms with Crippen molar-refractivity contribution in [3.63, 3.8) is 0 Å². The van der Waals surface area contributed by atoms with Crippen LogP contribution in [0.25, 0.3) is 11.4 Å². The van der Waals surface area contributed by atoms with Gasteiger partial charge >= 0.3 is 0 Å². The number of carbonyl (C=O) groups excluding carboxylic acids is 1. The monoisotopic (exact) mass is 494 g/mol. The Morgan fingerprint density at radius 1 is 1.33 bits per heavy atom. The van der Waals surface area contributed by atoms with E-state index in [1.807, 2.05) is 28.8 Å². The third-order valence-electron chi connectivity index (χ3n) is 3.96. The highest BCUT2D eigenvalue weighted by Gasteiger charge is 2.17. The Bertz CT molecular complexity index is 1070. The number of amides is 1. The standard InChI is InChI=1S/C20H17BrF2N4O2S/c1-3-7-27-19(12-5-4-6-14(8-12)29-2)25-26-20(27)30-11-17(28)24-18-15(21)9-13(22)10-16(18)23/h3-6,8-10H,1,7,11H2,2H3,(H,24,28). The minimum Gasteiger partial charge on any atom is -0.497 e.